The number of rotatable bonds is 4. The number of carbonyl (C=O) groups is 1. The third kappa shape index (κ3) is 4.36. The molecular formula is C16H15BrClNO. The van der Waals surface area contributed by atoms with Gasteiger partial charge in [0.15, 0.2) is 0 Å². The first kappa shape index (κ1) is 15.1. The number of hydrogen-bond donors (Lipinski definition) is 1. The second kappa shape index (κ2) is 6.91. The molecule has 0 aliphatic heterocycles. The second-order valence-corrected chi connectivity index (χ2v) is 6.00. The molecule has 1 atom stereocenters. The van der Waals surface area contributed by atoms with Crippen molar-refractivity contribution in [1.29, 1.82) is 0 Å². The standard InChI is InChI=1S/C16H15BrClNO/c1-11(13-4-6-14(17)7-5-13)19-16(20)10-12-2-8-15(18)9-3-12/h2-9,11H,10H2,1H3,(H,19,20). The fourth-order valence-electron chi connectivity index (χ4n) is 1.91. The first-order valence-corrected chi connectivity index (χ1v) is 7.51. The van der Waals surface area contributed by atoms with Crippen LogP contribution < -0.4 is 5.32 Å². The summed E-state index contributed by atoms with van der Waals surface area (Å²) in [7, 11) is 0. The van der Waals surface area contributed by atoms with E-state index >= 15 is 0 Å². The van der Waals surface area contributed by atoms with Crippen LogP contribution in [0.15, 0.2) is 53.0 Å². The Hall–Kier alpha value is -1.32. The van der Waals surface area contributed by atoms with Crippen LogP contribution in [0.4, 0.5) is 0 Å². The summed E-state index contributed by atoms with van der Waals surface area (Å²) in [6.07, 6.45) is 0.359. The van der Waals surface area contributed by atoms with E-state index in [0.717, 1.165) is 15.6 Å². The van der Waals surface area contributed by atoms with E-state index in [2.05, 4.69) is 21.2 Å². The van der Waals surface area contributed by atoms with Gasteiger partial charge in [-0.25, -0.2) is 0 Å². The van der Waals surface area contributed by atoms with E-state index in [1.54, 1.807) is 12.1 Å². The summed E-state index contributed by atoms with van der Waals surface area (Å²) in [5, 5.41) is 3.67. The highest BCUT2D eigenvalue weighted by molar-refractivity contribution is 9.10. The SMILES string of the molecule is CC(NC(=O)Cc1ccc(Cl)cc1)c1ccc(Br)cc1. The molecule has 0 saturated heterocycles. The average molecular weight is 353 g/mol. The van der Waals surface area contributed by atoms with Crippen LogP contribution in [0.1, 0.15) is 24.1 Å². The van der Waals surface area contributed by atoms with Crippen molar-refractivity contribution >= 4 is 33.4 Å². The molecule has 0 radical (unpaired) electrons. The lowest BCUT2D eigenvalue weighted by Gasteiger charge is -2.14. The fourth-order valence-corrected chi connectivity index (χ4v) is 2.31. The molecule has 2 nitrogen and oxygen atoms in total. The summed E-state index contributed by atoms with van der Waals surface area (Å²) >= 11 is 9.22. The molecule has 0 saturated carbocycles. The van der Waals surface area contributed by atoms with Gasteiger partial charge in [-0.15, -0.1) is 0 Å². The van der Waals surface area contributed by atoms with Gasteiger partial charge in [-0.3, -0.25) is 4.79 Å². The molecule has 20 heavy (non-hydrogen) atoms. The van der Waals surface area contributed by atoms with Crippen LogP contribution in [-0.2, 0) is 11.2 Å². The second-order valence-electron chi connectivity index (χ2n) is 4.64. The van der Waals surface area contributed by atoms with Crippen LogP contribution in [0.2, 0.25) is 5.02 Å². The first-order valence-electron chi connectivity index (χ1n) is 6.34. The van der Waals surface area contributed by atoms with Gasteiger partial charge in [-0.2, -0.15) is 0 Å². The smallest absolute Gasteiger partial charge is 0.224 e. The average Bonchev–Trinajstić information content (AvgIpc) is 2.42. The van der Waals surface area contributed by atoms with Gasteiger partial charge in [0.25, 0.3) is 0 Å². The minimum absolute atomic E-state index is 0.00254. The fraction of sp³-hybridized carbons (Fsp3) is 0.188. The van der Waals surface area contributed by atoms with Gasteiger partial charge in [0, 0.05) is 9.50 Å². The summed E-state index contributed by atoms with van der Waals surface area (Å²) in [5.74, 6) is 0.00254. The van der Waals surface area contributed by atoms with Crippen molar-refractivity contribution in [1.82, 2.24) is 5.32 Å². The summed E-state index contributed by atoms with van der Waals surface area (Å²) in [5.41, 5.74) is 2.03. The molecule has 1 unspecified atom stereocenters. The van der Waals surface area contributed by atoms with Crippen LogP contribution in [0.25, 0.3) is 0 Å². The third-order valence-electron chi connectivity index (χ3n) is 3.03. The number of amides is 1. The normalized spacial score (nSPS) is 11.9. The van der Waals surface area contributed by atoms with E-state index in [0.29, 0.717) is 11.4 Å². The van der Waals surface area contributed by atoms with Gasteiger partial charge in [-0.05, 0) is 42.3 Å². The van der Waals surface area contributed by atoms with E-state index < -0.39 is 0 Å². The quantitative estimate of drug-likeness (QED) is 0.861. The monoisotopic (exact) mass is 351 g/mol. The molecule has 104 valence electrons. The highest BCUT2D eigenvalue weighted by Crippen LogP contribution is 2.17. The van der Waals surface area contributed by atoms with Crippen molar-refractivity contribution in [3.05, 3.63) is 69.2 Å². The zero-order valence-electron chi connectivity index (χ0n) is 11.1. The molecule has 4 heteroatoms. The molecule has 1 amide bonds. The van der Waals surface area contributed by atoms with E-state index in [1.165, 1.54) is 0 Å². The molecule has 0 bridgehead atoms. The van der Waals surface area contributed by atoms with Crippen molar-refractivity contribution in [2.24, 2.45) is 0 Å². The largest absolute Gasteiger partial charge is 0.349 e. The Bertz CT molecular complexity index is 580. The molecule has 2 rings (SSSR count). The van der Waals surface area contributed by atoms with Gasteiger partial charge in [0.05, 0.1) is 12.5 Å². The van der Waals surface area contributed by atoms with E-state index in [1.807, 2.05) is 43.3 Å². The van der Waals surface area contributed by atoms with E-state index in [4.69, 9.17) is 11.6 Å². The predicted molar refractivity (Wildman–Crippen MR) is 85.9 cm³/mol. The Morgan fingerprint density at radius 2 is 1.75 bits per heavy atom. The van der Waals surface area contributed by atoms with Crippen molar-refractivity contribution in [3.63, 3.8) is 0 Å². The molecule has 0 aliphatic carbocycles. The zero-order valence-corrected chi connectivity index (χ0v) is 13.4. The summed E-state index contributed by atoms with van der Waals surface area (Å²) in [6, 6.07) is 15.2. The molecule has 0 spiro atoms. The molecule has 2 aromatic rings. The molecular weight excluding hydrogens is 338 g/mol. The lowest BCUT2D eigenvalue weighted by Crippen LogP contribution is -2.28. The summed E-state index contributed by atoms with van der Waals surface area (Å²) < 4.78 is 1.03. The Kier molecular flexibility index (Phi) is 5.21. The maximum atomic E-state index is 12.0. The summed E-state index contributed by atoms with van der Waals surface area (Å²) in [6.45, 7) is 1.98. The van der Waals surface area contributed by atoms with E-state index in [9.17, 15) is 4.79 Å². The Morgan fingerprint density at radius 1 is 1.15 bits per heavy atom. The number of carbonyl (C=O) groups excluding carboxylic acids is 1. The van der Waals surface area contributed by atoms with Crippen LogP contribution in [-0.4, -0.2) is 5.91 Å². The van der Waals surface area contributed by atoms with Crippen LogP contribution >= 0.6 is 27.5 Å². The van der Waals surface area contributed by atoms with E-state index in [-0.39, 0.29) is 11.9 Å². The van der Waals surface area contributed by atoms with Crippen molar-refractivity contribution in [3.8, 4) is 0 Å². The van der Waals surface area contributed by atoms with Gasteiger partial charge in [0.2, 0.25) is 5.91 Å². The highest BCUT2D eigenvalue weighted by atomic mass is 79.9. The highest BCUT2D eigenvalue weighted by Gasteiger charge is 2.10. The van der Waals surface area contributed by atoms with Gasteiger partial charge >= 0.3 is 0 Å². The number of nitrogens with one attached hydrogen (secondary N) is 1. The predicted octanol–water partition coefficient (Wildman–Crippen LogP) is 4.52. The summed E-state index contributed by atoms with van der Waals surface area (Å²) in [4.78, 5) is 12.0. The van der Waals surface area contributed by atoms with Crippen molar-refractivity contribution in [2.75, 3.05) is 0 Å². The maximum Gasteiger partial charge on any atom is 0.224 e. The van der Waals surface area contributed by atoms with Crippen LogP contribution in [0.5, 0.6) is 0 Å². The van der Waals surface area contributed by atoms with Gasteiger partial charge in [0.1, 0.15) is 0 Å². The maximum absolute atomic E-state index is 12.0. The molecule has 0 aliphatic rings. The van der Waals surface area contributed by atoms with Crippen molar-refractivity contribution < 1.29 is 4.79 Å². The first-order chi connectivity index (χ1) is 9.54. The number of halogens is 2. The minimum atomic E-state index is -0.0112. The Morgan fingerprint density at radius 3 is 2.35 bits per heavy atom. The number of hydrogen-bond acceptors (Lipinski definition) is 1. The minimum Gasteiger partial charge on any atom is -0.349 e. The van der Waals surface area contributed by atoms with Crippen LogP contribution in [0, 0.1) is 0 Å². The zero-order chi connectivity index (χ0) is 14.5. The topological polar surface area (TPSA) is 29.1 Å². The molecule has 1 N–H and O–H groups in total. The van der Waals surface area contributed by atoms with Gasteiger partial charge < -0.3 is 5.32 Å². The van der Waals surface area contributed by atoms with Gasteiger partial charge in [-0.1, -0.05) is 51.8 Å². The molecule has 0 fully saturated rings. The third-order valence-corrected chi connectivity index (χ3v) is 3.81. The van der Waals surface area contributed by atoms with Crippen LogP contribution in [0.3, 0.4) is 0 Å². The molecule has 2 aromatic carbocycles. The molecule has 0 heterocycles. The number of benzene rings is 2. The van der Waals surface area contributed by atoms with Crippen molar-refractivity contribution in [2.45, 2.75) is 19.4 Å². The lowest BCUT2D eigenvalue weighted by molar-refractivity contribution is -0.121. The Labute approximate surface area is 132 Å². The lowest BCUT2D eigenvalue weighted by atomic mass is 10.1. The molecule has 0 aromatic heterocycles. The Balaban J connectivity index is 1.93.